The molecule has 0 amide bonds. The van der Waals surface area contributed by atoms with E-state index in [-0.39, 0.29) is 0 Å². The van der Waals surface area contributed by atoms with Crippen molar-refractivity contribution in [2.24, 2.45) is 5.92 Å². The van der Waals surface area contributed by atoms with E-state index in [1.54, 1.807) is 12.1 Å². The molecule has 2 aromatic rings. The molecule has 1 aliphatic carbocycles. The van der Waals surface area contributed by atoms with E-state index in [0.717, 1.165) is 25.1 Å². The number of aromatic amines is 1. The lowest BCUT2D eigenvalue weighted by Crippen LogP contribution is -2.16. The highest BCUT2D eigenvalue weighted by atomic mass is 16.3. The number of aromatic hydroxyl groups is 1. The first-order chi connectivity index (χ1) is 10.7. The summed E-state index contributed by atoms with van der Waals surface area (Å²) in [5.41, 5.74) is 4.95. The molecule has 1 aliphatic rings. The Morgan fingerprint density at radius 2 is 2.09 bits per heavy atom. The van der Waals surface area contributed by atoms with Gasteiger partial charge in [-0.15, -0.1) is 0 Å². The van der Waals surface area contributed by atoms with Gasteiger partial charge in [0.05, 0.1) is 0 Å². The molecule has 1 atom stereocenters. The smallest absolute Gasteiger partial charge is 0.115 e. The van der Waals surface area contributed by atoms with E-state index in [1.807, 2.05) is 12.1 Å². The van der Waals surface area contributed by atoms with Crippen LogP contribution in [0.4, 0.5) is 0 Å². The number of H-pyrrole nitrogens is 1. The van der Waals surface area contributed by atoms with E-state index in [4.69, 9.17) is 0 Å². The maximum Gasteiger partial charge on any atom is 0.115 e. The Balaban J connectivity index is 1.56. The summed E-state index contributed by atoms with van der Waals surface area (Å²) in [5, 5.41) is 12.9. The third kappa shape index (κ3) is 3.49. The minimum Gasteiger partial charge on any atom is -0.508 e. The van der Waals surface area contributed by atoms with Gasteiger partial charge >= 0.3 is 0 Å². The van der Waals surface area contributed by atoms with Gasteiger partial charge in [0.25, 0.3) is 0 Å². The van der Waals surface area contributed by atoms with Gasteiger partial charge in [0.2, 0.25) is 0 Å². The number of phenolic OH excluding ortho intramolecular Hbond substituents is 1. The summed E-state index contributed by atoms with van der Waals surface area (Å²) in [6.45, 7) is 3.87. The SMILES string of the molecule is CC1C=Cc2[nH]cc(CCNCc3cccc(O)c3)c2C=C1. The maximum atomic E-state index is 9.45. The molecule has 3 N–H and O–H groups in total. The molecule has 1 heterocycles. The van der Waals surface area contributed by atoms with E-state index in [9.17, 15) is 5.11 Å². The second kappa shape index (κ2) is 6.67. The molecular weight excluding hydrogens is 272 g/mol. The fraction of sp³-hybridized carbons (Fsp3) is 0.263. The number of nitrogens with one attached hydrogen (secondary N) is 2. The Hall–Kier alpha value is -2.26. The summed E-state index contributed by atoms with van der Waals surface area (Å²) in [6.07, 6.45) is 11.9. The second-order valence-electron chi connectivity index (χ2n) is 5.82. The molecule has 0 saturated heterocycles. The lowest BCUT2D eigenvalue weighted by atomic mass is 10.1. The third-order valence-electron chi connectivity index (χ3n) is 3.98. The number of hydrogen-bond donors (Lipinski definition) is 3. The van der Waals surface area contributed by atoms with Crippen molar-refractivity contribution in [3.8, 4) is 5.75 Å². The van der Waals surface area contributed by atoms with Gasteiger partial charge in [-0.3, -0.25) is 0 Å². The van der Waals surface area contributed by atoms with Gasteiger partial charge in [-0.05, 0) is 48.2 Å². The lowest BCUT2D eigenvalue weighted by Gasteiger charge is -2.06. The maximum absolute atomic E-state index is 9.45. The fourth-order valence-electron chi connectivity index (χ4n) is 2.72. The minimum absolute atomic E-state index is 0.321. The standard InChI is InChI=1S/C19H22N2O/c1-14-5-7-18-16(13-21-19(18)8-6-14)9-10-20-12-15-3-2-4-17(22)11-15/h2-8,11,13-14,20-22H,9-10,12H2,1H3. The first-order valence-corrected chi connectivity index (χ1v) is 7.77. The summed E-state index contributed by atoms with van der Waals surface area (Å²) >= 11 is 0. The lowest BCUT2D eigenvalue weighted by molar-refractivity contribution is 0.474. The molecule has 3 rings (SSSR count). The number of benzene rings is 1. The summed E-state index contributed by atoms with van der Waals surface area (Å²) in [7, 11) is 0. The molecule has 0 fully saturated rings. The zero-order valence-electron chi connectivity index (χ0n) is 12.8. The molecule has 1 unspecified atom stereocenters. The van der Waals surface area contributed by atoms with Crippen LogP contribution in [0.2, 0.25) is 0 Å². The Bertz CT molecular complexity index is 697. The molecule has 1 aromatic heterocycles. The van der Waals surface area contributed by atoms with Crippen molar-refractivity contribution in [3.05, 3.63) is 65.0 Å². The van der Waals surface area contributed by atoms with Crippen LogP contribution in [0.5, 0.6) is 5.75 Å². The van der Waals surface area contributed by atoms with Gasteiger partial charge < -0.3 is 15.4 Å². The molecule has 3 heteroatoms. The quantitative estimate of drug-likeness (QED) is 0.736. The van der Waals surface area contributed by atoms with E-state index in [1.165, 1.54) is 16.8 Å². The van der Waals surface area contributed by atoms with Crippen LogP contribution in [-0.2, 0) is 13.0 Å². The molecular formula is C19H22N2O. The monoisotopic (exact) mass is 294 g/mol. The molecule has 0 radical (unpaired) electrons. The molecule has 0 aliphatic heterocycles. The Kier molecular flexibility index (Phi) is 4.45. The topological polar surface area (TPSA) is 48.0 Å². The predicted molar refractivity (Wildman–Crippen MR) is 91.5 cm³/mol. The molecule has 1 aromatic carbocycles. The number of allylic oxidation sites excluding steroid dienone is 2. The molecule has 22 heavy (non-hydrogen) atoms. The highest BCUT2D eigenvalue weighted by Gasteiger charge is 2.09. The first kappa shape index (κ1) is 14.7. The highest BCUT2D eigenvalue weighted by Crippen LogP contribution is 2.22. The molecule has 0 saturated carbocycles. The summed E-state index contributed by atoms with van der Waals surface area (Å²) < 4.78 is 0. The number of aromatic nitrogens is 1. The molecule has 0 spiro atoms. The van der Waals surface area contributed by atoms with Crippen molar-refractivity contribution in [1.29, 1.82) is 0 Å². The van der Waals surface area contributed by atoms with Crippen LogP contribution in [0.15, 0.2) is 42.6 Å². The number of fused-ring (bicyclic) bond motifs is 1. The fourth-order valence-corrected chi connectivity index (χ4v) is 2.72. The zero-order chi connectivity index (χ0) is 15.4. The first-order valence-electron chi connectivity index (χ1n) is 7.77. The number of rotatable bonds is 5. The van der Waals surface area contributed by atoms with E-state index < -0.39 is 0 Å². The minimum atomic E-state index is 0.321. The van der Waals surface area contributed by atoms with Crippen molar-refractivity contribution in [2.75, 3.05) is 6.54 Å². The van der Waals surface area contributed by atoms with Crippen molar-refractivity contribution < 1.29 is 5.11 Å². The van der Waals surface area contributed by atoms with Gasteiger partial charge in [-0.1, -0.05) is 37.3 Å². The van der Waals surface area contributed by atoms with Crippen LogP contribution in [0, 0.1) is 5.92 Å². The van der Waals surface area contributed by atoms with Gasteiger partial charge in [-0.25, -0.2) is 0 Å². The largest absolute Gasteiger partial charge is 0.508 e. The molecule has 114 valence electrons. The number of phenols is 1. The average Bonchev–Trinajstić information content (AvgIpc) is 2.80. The number of hydrogen-bond acceptors (Lipinski definition) is 2. The van der Waals surface area contributed by atoms with Crippen molar-refractivity contribution >= 4 is 12.2 Å². The van der Waals surface area contributed by atoms with Crippen LogP contribution < -0.4 is 5.32 Å². The average molecular weight is 294 g/mol. The van der Waals surface area contributed by atoms with Crippen LogP contribution >= 0.6 is 0 Å². The molecule has 3 nitrogen and oxygen atoms in total. The summed E-state index contributed by atoms with van der Waals surface area (Å²) in [5.74, 6) is 0.804. The normalized spacial score (nSPS) is 16.5. The van der Waals surface area contributed by atoms with E-state index >= 15 is 0 Å². The third-order valence-corrected chi connectivity index (χ3v) is 3.98. The highest BCUT2D eigenvalue weighted by molar-refractivity contribution is 5.68. The summed E-state index contributed by atoms with van der Waals surface area (Å²) in [6, 6.07) is 7.38. The van der Waals surface area contributed by atoms with Crippen molar-refractivity contribution in [1.82, 2.24) is 10.3 Å². The van der Waals surface area contributed by atoms with Crippen LogP contribution in [0.25, 0.3) is 12.2 Å². The van der Waals surface area contributed by atoms with Crippen LogP contribution in [-0.4, -0.2) is 16.6 Å². The van der Waals surface area contributed by atoms with Gasteiger partial charge in [-0.2, -0.15) is 0 Å². The van der Waals surface area contributed by atoms with Gasteiger partial charge in [0.15, 0.2) is 0 Å². The Labute approximate surface area is 131 Å². The second-order valence-corrected chi connectivity index (χ2v) is 5.82. The van der Waals surface area contributed by atoms with Crippen LogP contribution in [0.3, 0.4) is 0 Å². The van der Waals surface area contributed by atoms with Crippen molar-refractivity contribution in [3.63, 3.8) is 0 Å². The Morgan fingerprint density at radius 3 is 2.95 bits per heavy atom. The van der Waals surface area contributed by atoms with Gasteiger partial charge in [0, 0.05) is 24.0 Å². The van der Waals surface area contributed by atoms with Crippen LogP contribution in [0.1, 0.15) is 29.3 Å². The summed E-state index contributed by atoms with van der Waals surface area (Å²) in [4.78, 5) is 3.35. The molecule has 0 bridgehead atoms. The van der Waals surface area contributed by atoms with E-state index in [0.29, 0.717) is 11.7 Å². The van der Waals surface area contributed by atoms with E-state index in [2.05, 4.69) is 47.7 Å². The Morgan fingerprint density at radius 1 is 1.23 bits per heavy atom. The van der Waals surface area contributed by atoms with Gasteiger partial charge in [0.1, 0.15) is 5.75 Å². The zero-order valence-corrected chi connectivity index (χ0v) is 12.8. The van der Waals surface area contributed by atoms with Crippen molar-refractivity contribution in [2.45, 2.75) is 19.9 Å². The predicted octanol–water partition coefficient (Wildman–Crippen LogP) is 3.73.